The van der Waals surface area contributed by atoms with E-state index in [1.165, 1.54) is 6.20 Å². The predicted molar refractivity (Wildman–Crippen MR) is 61.4 cm³/mol. The molecule has 0 saturated heterocycles. The average molecular weight is 244 g/mol. The Bertz CT molecular complexity index is 386. The third-order valence-corrected chi connectivity index (χ3v) is 2.38. The fourth-order valence-electron chi connectivity index (χ4n) is 1.23. The summed E-state index contributed by atoms with van der Waals surface area (Å²) in [6.07, 6.45) is 2.14. The van der Waals surface area contributed by atoms with Gasteiger partial charge >= 0.3 is 6.18 Å². The Kier molecular flexibility index (Phi) is 4.69. The lowest BCUT2D eigenvalue weighted by atomic mass is 10.1. The highest BCUT2D eigenvalue weighted by Crippen LogP contribution is 2.29. The molecular weight excluding hydrogens is 229 g/mol. The number of nitrogens with one attached hydrogen (secondary N) is 1. The van der Waals surface area contributed by atoms with Crippen molar-refractivity contribution in [3.05, 3.63) is 35.7 Å². The molecule has 1 unspecified atom stereocenters. The van der Waals surface area contributed by atoms with E-state index in [1.807, 2.05) is 20.0 Å². The summed E-state index contributed by atoms with van der Waals surface area (Å²) < 4.78 is 37.2. The van der Waals surface area contributed by atoms with Gasteiger partial charge in [-0.25, -0.2) is 0 Å². The highest BCUT2D eigenvalue weighted by Gasteiger charge is 2.30. The molecule has 94 valence electrons. The zero-order chi connectivity index (χ0) is 12.9. The number of hydrogen-bond donors (Lipinski definition) is 1. The standard InChI is InChI=1S/C12H15F3N2/c1-9(16-2)4-3-5-10-6-11(8-17-7-10)12(13,14)15/h3,5-9,16H,4H2,1-2H3/b5-3+. The first-order chi connectivity index (χ1) is 7.93. The number of pyridine rings is 1. The van der Waals surface area contributed by atoms with Gasteiger partial charge in [-0.2, -0.15) is 13.2 Å². The Hall–Kier alpha value is -1.36. The second-order valence-electron chi connectivity index (χ2n) is 3.83. The van der Waals surface area contributed by atoms with E-state index < -0.39 is 11.7 Å². The molecule has 0 radical (unpaired) electrons. The molecule has 17 heavy (non-hydrogen) atoms. The molecule has 0 saturated carbocycles. The average Bonchev–Trinajstić information content (AvgIpc) is 2.28. The number of hydrogen-bond acceptors (Lipinski definition) is 2. The van der Waals surface area contributed by atoms with E-state index in [2.05, 4.69) is 10.3 Å². The van der Waals surface area contributed by atoms with Crippen LogP contribution in [0.4, 0.5) is 13.2 Å². The lowest BCUT2D eigenvalue weighted by molar-refractivity contribution is -0.137. The first-order valence-corrected chi connectivity index (χ1v) is 5.29. The number of halogens is 3. The molecule has 0 aliphatic heterocycles. The highest BCUT2D eigenvalue weighted by atomic mass is 19.4. The summed E-state index contributed by atoms with van der Waals surface area (Å²) in [4.78, 5) is 3.58. The second-order valence-corrected chi connectivity index (χ2v) is 3.83. The van der Waals surface area contributed by atoms with Gasteiger partial charge in [-0.1, -0.05) is 12.2 Å². The van der Waals surface area contributed by atoms with Crippen LogP contribution in [-0.2, 0) is 6.18 Å². The highest BCUT2D eigenvalue weighted by molar-refractivity contribution is 5.49. The molecule has 0 aromatic carbocycles. The van der Waals surface area contributed by atoms with Crippen molar-refractivity contribution in [2.45, 2.75) is 25.6 Å². The van der Waals surface area contributed by atoms with Crippen LogP contribution in [0, 0.1) is 0 Å². The maximum absolute atomic E-state index is 12.4. The molecule has 0 fully saturated rings. The third kappa shape index (κ3) is 4.56. The number of nitrogens with zero attached hydrogens (tertiary/aromatic N) is 1. The zero-order valence-electron chi connectivity index (χ0n) is 9.75. The fraction of sp³-hybridized carbons (Fsp3) is 0.417. The van der Waals surface area contributed by atoms with Crippen LogP contribution in [0.15, 0.2) is 24.5 Å². The maximum atomic E-state index is 12.4. The molecule has 1 N–H and O–H groups in total. The number of aromatic nitrogens is 1. The van der Waals surface area contributed by atoms with Crippen molar-refractivity contribution in [1.82, 2.24) is 10.3 Å². The van der Waals surface area contributed by atoms with Crippen molar-refractivity contribution in [3.63, 3.8) is 0 Å². The van der Waals surface area contributed by atoms with Crippen molar-refractivity contribution in [2.24, 2.45) is 0 Å². The third-order valence-electron chi connectivity index (χ3n) is 2.38. The van der Waals surface area contributed by atoms with Gasteiger partial charge in [0.1, 0.15) is 0 Å². The van der Waals surface area contributed by atoms with Crippen molar-refractivity contribution >= 4 is 6.08 Å². The summed E-state index contributed by atoms with van der Waals surface area (Å²) >= 11 is 0. The van der Waals surface area contributed by atoms with Gasteiger partial charge in [0.2, 0.25) is 0 Å². The van der Waals surface area contributed by atoms with Gasteiger partial charge in [-0.15, -0.1) is 0 Å². The summed E-state index contributed by atoms with van der Waals surface area (Å²) in [6.45, 7) is 1.99. The minimum atomic E-state index is -4.34. The summed E-state index contributed by atoms with van der Waals surface area (Å²) in [7, 11) is 1.84. The molecule has 1 atom stereocenters. The smallest absolute Gasteiger partial charge is 0.317 e. The molecule has 1 aromatic heterocycles. The Labute approximate surface area is 98.6 Å². The van der Waals surface area contributed by atoms with Gasteiger partial charge in [-0.3, -0.25) is 4.98 Å². The van der Waals surface area contributed by atoms with Crippen LogP contribution in [0.25, 0.3) is 6.08 Å². The summed E-state index contributed by atoms with van der Waals surface area (Å²) in [6, 6.07) is 1.39. The maximum Gasteiger partial charge on any atom is 0.417 e. The second kappa shape index (κ2) is 5.82. The molecule has 1 rings (SSSR count). The zero-order valence-corrected chi connectivity index (χ0v) is 9.75. The number of alkyl halides is 3. The molecule has 0 spiro atoms. The van der Waals surface area contributed by atoms with Crippen molar-refractivity contribution in [2.75, 3.05) is 7.05 Å². The topological polar surface area (TPSA) is 24.9 Å². The van der Waals surface area contributed by atoms with Crippen LogP contribution in [0.2, 0.25) is 0 Å². The van der Waals surface area contributed by atoms with E-state index in [0.29, 0.717) is 11.6 Å². The Morgan fingerprint density at radius 1 is 1.41 bits per heavy atom. The van der Waals surface area contributed by atoms with Gasteiger partial charge in [-0.05, 0) is 32.0 Å². The largest absolute Gasteiger partial charge is 0.417 e. The lowest BCUT2D eigenvalue weighted by Gasteiger charge is -2.07. The normalized spacial score (nSPS) is 14.2. The van der Waals surface area contributed by atoms with E-state index in [0.717, 1.165) is 18.7 Å². The van der Waals surface area contributed by atoms with Crippen LogP contribution in [-0.4, -0.2) is 18.1 Å². The van der Waals surface area contributed by atoms with Crippen LogP contribution < -0.4 is 5.32 Å². The van der Waals surface area contributed by atoms with E-state index in [4.69, 9.17) is 0 Å². The first kappa shape index (κ1) is 13.7. The van der Waals surface area contributed by atoms with E-state index in [-0.39, 0.29) is 0 Å². The van der Waals surface area contributed by atoms with Gasteiger partial charge < -0.3 is 5.32 Å². The number of rotatable bonds is 4. The molecular formula is C12H15F3N2. The first-order valence-electron chi connectivity index (χ1n) is 5.29. The van der Waals surface area contributed by atoms with Crippen LogP contribution >= 0.6 is 0 Å². The van der Waals surface area contributed by atoms with Crippen LogP contribution in [0.3, 0.4) is 0 Å². The summed E-state index contributed by atoms with van der Waals surface area (Å²) in [5.74, 6) is 0. The van der Waals surface area contributed by atoms with Crippen LogP contribution in [0.1, 0.15) is 24.5 Å². The Balaban J connectivity index is 2.73. The molecule has 5 heteroatoms. The Morgan fingerprint density at radius 3 is 2.71 bits per heavy atom. The van der Waals surface area contributed by atoms with Crippen molar-refractivity contribution in [3.8, 4) is 0 Å². The summed E-state index contributed by atoms with van der Waals surface area (Å²) in [5, 5.41) is 3.04. The monoisotopic (exact) mass is 244 g/mol. The minimum absolute atomic E-state index is 0.296. The fourth-order valence-corrected chi connectivity index (χ4v) is 1.23. The minimum Gasteiger partial charge on any atom is -0.317 e. The predicted octanol–water partition coefficient (Wildman–Crippen LogP) is 3.11. The van der Waals surface area contributed by atoms with E-state index in [1.54, 1.807) is 6.08 Å². The molecule has 1 heterocycles. The Morgan fingerprint density at radius 2 is 2.12 bits per heavy atom. The quantitative estimate of drug-likeness (QED) is 0.880. The van der Waals surface area contributed by atoms with Gasteiger partial charge in [0, 0.05) is 18.4 Å². The van der Waals surface area contributed by atoms with Gasteiger partial charge in [0.15, 0.2) is 0 Å². The molecule has 0 bridgehead atoms. The summed E-state index contributed by atoms with van der Waals surface area (Å²) in [5.41, 5.74) is -0.260. The molecule has 1 aromatic rings. The molecule has 0 aliphatic rings. The van der Waals surface area contributed by atoms with Gasteiger partial charge in [0.05, 0.1) is 5.56 Å². The SMILES string of the molecule is CNC(C)C/C=C/c1cncc(C(F)(F)F)c1. The van der Waals surface area contributed by atoms with Crippen molar-refractivity contribution < 1.29 is 13.2 Å². The van der Waals surface area contributed by atoms with Gasteiger partial charge in [0.25, 0.3) is 0 Å². The molecule has 0 amide bonds. The van der Waals surface area contributed by atoms with Crippen LogP contribution in [0.5, 0.6) is 0 Å². The van der Waals surface area contributed by atoms with E-state index >= 15 is 0 Å². The molecule has 2 nitrogen and oxygen atoms in total. The van der Waals surface area contributed by atoms with E-state index in [9.17, 15) is 13.2 Å². The van der Waals surface area contributed by atoms with Crippen molar-refractivity contribution in [1.29, 1.82) is 0 Å². The molecule has 0 aliphatic carbocycles. The lowest BCUT2D eigenvalue weighted by Crippen LogP contribution is -2.19.